The monoisotopic (exact) mass is 825 g/mol. The molecule has 2 amide bonds. The summed E-state index contributed by atoms with van der Waals surface area (Å²) in [5.74, 6) is 0.315. The quantitative estimate of drug-likeness (QED) is 0.163. The molecule has 4 aliphatic heterocycles. The lowest BCUT2D eigenvalue weighted by Gasteiger charge is -2.39. The summed E-state index contributed by atoms with van der Waals surface area (Å²) in [5.41, 5.74) is 3.20. The largest absolute Gasteiger partial charge is 0.497 e. The predicted octanol–water partition coefficient (Wildman–Crippen LogP) is 5.63. The van der Waals surface area contributed by atoms with E-state index < -0.39 is 19.2 Å². The summed E-state index contributed by atoms with van der Waals surface area (Å²) in [4.78, 5) is 35.7. The second-order valence-electron chi connectivity index (χ2n) is 17.5. The lowest BCUT2D eigenvalue weighted by molar-refractivity contribution is -0.145. The molecule has 4 aliphatic rings. The molecule has 0 bridgehead atoms. The minimum atomic E-state index is -2.41. The number of rotatable bonds is 11. The lowest BCUT2D eigenvalue weighted by atomic mass is 9.82. The highest BCUT2D eigenvalue weighted by Crippen LogP contribution is 2.60. The number of nitrogens with one attached hydrogen (secondary N) is 1. The van der Waals surface area contributed by atoms with Gasteiger partial charge in [0, 0.05) is 42.6 Å². The van der Waals surface area contributed by atoms with Crippen molar-refractivity contribution in [2.24, 2.45) is 5.92 Å². The van der Waals surface area contributed by atoms with Crippen molar-refractivity contribution in [1.29, 1.82) is 0 Å². The maximum absolute atomic E-state index is 15.0. The Morgan fingerprint density at radius 3 is 2.32 bits per heavy atom. The molecule has 12 nitrogen and oxygen atoms in total. The van der Waals surface area contributed by atoms with Crippen molar-refractivity contribution >= 4 is 42.1 Å². The second-order valence-corrected chi connectivity index (χ2v) is 22.2. The number of amides is 2. The number of ether oxygens (including phenoxy) is 2. The minimum Gasteiger partial charge on any atom is -0.497 e. The van der Waals surface area contributed by atoms with E-state index in [1.165, 1.54) is 5.19 Å². The first kappa shape index (κ1) is 40.1. The molecule has 1 aromatic heterocycles. The molecule has 2 N–H and O–H groups in total. The SMILES string of the molecule is COc1ccc([Si](C)(C)[C@H]2[C@H](CCn3cc(C(CO)c4ccccc4)nn3)O[C@@]3(C(=O)N(C)c4ccc(N5CN(c6ccccc6)C6(CCNCC6)C5=O)cc43)[C@@H]2C)cc1. The molecule has 5 heterocycles. The topological polar surface area (TPSA) is 125 Å². The second kappa shape index (κ2) is 15.6. The van der Waals surface area contributed by atoms with Crippen LogP contribution in [-0.2, 0) is 26.5 Å². The van der Waals surface area contributed by atoms with Crippen LogP contribution in [0.2, 0.25) is 18.6 Å². The van der Waals surface area contributed by atoms with Gasteiger partial charge in [0.25, 0.3) is 11.8 Å². The van der Waals surface area contributed by atoms with Gasteiger partial charge in [0.1, 0.15) is 11.3 Å². The van der Waals surface area contributed by atoms with E-state index in [1.54, 1.807) is 12.0 Å². The number of fused-ring (bicyclic) bond motifs is 2. The van der Waals surface area contributed by atoms with Crippen LogP contribution in [0, 0.1) is 5.92 Å². The van der Waals surface area contributed by atoms with Crippen LogP contribution in [0.4, 0.5) is 17.1 Å². The van der Waals surface area contributed by atoms with Gasteiger partial charge in [-0.1, -0.05) is 91.1 Å². The molecule has 5 aromatic rings. The van der Waals surface area contributed by atoms with Crippen molar-refractivity contribution in [2.45, 2.75) is 74.5 Å². The van der Waals surface area contributed by atoms with E-state index in [0.717, 1.165) is 47.0 Å². The van der Waals surface area contributed by atoms with Crippen LogP contribution >= 0.6 is 0 Å². The van der Waals surface area contributed by atoms with Gasteiger partial charge in [-0.05, 0) is 85.9 Å². The third kappa shape index (κ3) is 6.36. The van der Waals surface area contributed by atoms with Gasteiger partial charge in [0.2, 0.25) is 0 Å². The van der Waals surface area contributed by atoms with E-state index in [1.807, 2.05) is 95.6 Å². The number of piperidine rings is 1. The van der Waals surface area contributed by atoms with Gasteiger partial charge < -0.3 is 29.7 Å². The Morgan fingerprint density at radius 2 is 1.63 bits per heavy atom. The fourth-order valence-corrected chi connectivity index (χ4v) is 15.0. The highest BCUT2D eigenvalue weighted by atomic mass is 28.3. The van der Waals surface area contributed by atoms with Crippen LogP contribution in [-0.4, -0.2) is 92.2 Å². The molecule has 0 saturated carbocycles. The molecule has 4 aromatic carbocycles. The number of hydrogen-bond acceptors (Lipinski definition) is 9. The number of aliphatic hydroxyl groups excluding tert-OH is 1. The number of aryl methyl sites for hydroxylation is 1. The van der Waals surface area contributed by atoms with Crippen LogP contribution in [0.1, 0.15) is 48.9 Å². The Hall–Kier alpha value is -5.34. The van der Waals surface area contributed by atoms with Crippen LogP contribution < -0.4 is 29.9 Å². The summed E-state index contributed by atoms with van der Waals surface area (Å²) in [6, 6.07) is 34.5. The zero-order valence-electron chi connectivity index (χ0n) is 35.1. The molecule has 2 spiro atoms. The molecule has 9 rings (SSSR count). The molecule has 3 fully saturated rings. The average molecular weight is 826 g/mol. The Labute approximate surface area is 353 Å². The molecule has 3 saturated heterocycles. The normalized spacial score (nSPS) is 24.2. The van der Waals surface area contributed by atoms with E-state index in [0.29, 0.717) is 38.2 Å². The van der Waals surface area contributed by atoms with E-state index in [9.17, 15) is 14.7 Å². The number of likely N-dealkylation sites (N-methyl/N-ethyl adjacent to an activating group) is 1. The van der Waals surface area contributed by atoms with Gasteiger partial charge in [-0.2, -0.15) is 0 Å². The highest BCUT2D eigenvalue weighted by Gasteiger charge is 2.66. The fourth-order valence-electron chi connectivity index (χ4n) is 10.9. The summed E-state index contributed by atoms with van der Waals surface area (Å²) in [6.07, 6.45) is 3.64. The first-order valence-corrected chi connectivity index (χ1v) is 24.3. The maximum Gasteiger partial charge on any atom is 0.264 e. The maximum atomic E-state index is 15.0. The number of aromatic nitrogens is 3. The highest BCUT2D eigenvalue weighted by molar-refractivity contribution is 6.91. The first-order chi connectivity index (χ1) is 29.0. The molecule has 1 unspecified atom stereocenters. The van der Waals surface area contributed by atoms with Crippen molar-refractivity contribution in [3.63, 3.8) is 0 Å². The van der Waals surface area contributed by atoms with Crippen molar-refractivity contribution in [3.05, 3.63) is 126 Å². The number of benzene rings is 4. The van der Waals surface area contributed by atoms with E-state index in [4.69, 9.17) is 9.47 Å². The van der Waals surface area contributed by atoms with Crippen LogP contribution in [0.5, 0.6) is 5.75 Å². The molecule has 0 radical (unpaired) electrons. The summed E-state index contributed by atoms with van der Waals surface area (Å²) >= 11 is 0. The number of methoxy groups -OCH3 is 1. The first-order valence-electron chi connectivity index (χ1n) is 21.2. The van der Waals surface area contributed by atoms with Crippen LogP contribution in [0.25, 0.3) is 0 Å². The number of carbonyl (C=O) groups excluding carboxylic acids is 2. The lowest BCUT2D eigenvalue weighted by Crippen LogP contribution is -2.55. The Bertz CT molecular complexity index is 2350. The van der Waals surface area contributed by atoms with Crippen molar-refractivity contribution in [2.75, 3.05) is 55.2 Å². The third-order valence-electron chi connectivity index (χ3n) is 14.1. The van der Waals surface area contributed by atoms with E-state index >= 15 is 0 Å². The molecular weight excluding hydrogens is 771 g/mol. The summed E-state index contributed by atoms with van der Waals surface area (Å²) in [6.45, 7) is 9.33. The average Bonchev–Trinajstić information content (AvgIpc) is 4.00. The van der Waals surface area contributed by atoms with Crippen LogP contribution in [0.3, 0.4) is 0 Å². The summed E-state index contributed by atoms with van der Waals surface area (Å²) < 4.78 is 14.8. The molecule has 312 valence electrons. The van der Waals surface area contributed by atoms with Gasteiger partial charge in [0.05, 0.1) is 51.9 Å². The third-order valence-corrected chi connectivity index (χ3v) is 18.5. The number of anilines is 3. The predicted molar refractivity (Wildman–Crippen MR) is 236 cm³/mol. The summed E-state index contributed by atoms with van der Waals surface area (Å²) in [5, 5.41) is 24.1. The zero-order chi connectivity index (χ0) is 41.8. The molecule has 13 heteroatoms. The van der Waals surface area contributed by atoms with Gasteiger partial charge in [-0.3, -0.25) is 19.2 Å². The number of para-hydroxylation sites is 1. The van der Waals surface area contributed by atoms with Gasteiger partial charge >= 0.3 is 0 Å². The fraction of sp³-hybridized carbons (Fsp3) is 0.404. The molecule has 60 heavy (non-hydrogen) atoms. The number of nitrogens with zero attached hydrogens (tertiary/aromatic N) is 6. The van der Waals surface area contributed by atoms with Crippen molar-refractivity contribution < 1.29 is 24.2 Å². The molecule has 0 aliphatic carbocycles. The Balaban J connectivity index is 1.08. The van der Waals surface area contributed by atoms with E-state index in [2.05, 4.69) is 70.9 Å². The van der Waals surface area contributed by atoms with E-state index in [-0.39, 0.29) is 41.9 Å². The van der Waals surface area contributed by atoms with Crippen LogP contribution in [0.15, 0.2) is 109 Å². The Morgan fingerprint density at radius 1 is 0.933 bits per heavy atom. The zero-order valence-corrected chi connectivity index (χ0v) is 36.1. The molecular formula is C47H55N7O5Si. The number of hydrogen-bond donors (Lipinski definition) is 2. The van der Waals surface area contributed by atoms with Gasteiger partial charge in [0.15, 0.2) is 5.60 Å². The standard InChI is InChI=1S/C47H55N7O5Si/c1-32-43(60(4,5)37-19-17-36(58-3)18-20-37)42(22-27-52-29-40(49-50-52)38(30-55)33-12-8-6-9-13-33)59-47(32)39-28-35(16-21-41(39)51(2)45(47)57)53-31-54(34-14-10-7-11-15-34)46(44(53)56)23-25-48-26-24-46/h6-21,28-29,32,38,42-43,48,55H,22-27,30-31H2,1-5H3/t32-,38?,42+,43-,47+/m1/s1. The summed E-state index contributed by atoms with van der Waals surface area (Å²) in [7, 11) is 1.11. The van der Waals surface area contributed by atoms with Gasteiger partial charge in [-0.25, -0.2) is 0 Å². The van der Waals surface area contributed by atoms with Crippen molar-refractivity contribution in [1.82, 2.24) is 20.3 Å². The minimum absolute atomic E-state index is 0.0235. The van der Waals surface area contributed by atoms with Gasteiger partial charge in [-0.15, -0.1) is 5.10 Å². The van der Waals surface area contributed by atoms with Crippen molar-refractivity contribution in [3.8, 4) is 5.75 Å². The smallest absolute Gasteiger partial charge is 0.264 e. The number of carbonyl (C=O) groups is 2. The Kier molecular flexibility index (Phi) is 10.4. The number of aliphatic hydroxyl groups is 1. The molecule has 5 atom stereocenters.